The molecule has 2 N–H and O–H groups in total. The highest BCUT2D eigenvalue weighted by atomic mass is 16.2. The Hall–Kier alpha value is -2.21. The second-order valence-electron chi connectivity index (χ2n) is 6.34. The first-order chi connectivity index (χ1) is 10.6. The topological polar surface area (TPSA) is 73.9 Å². The third kappa shape index (κ3) is 2.20. The Morgan fingerprint density at radius 1 is 1.36 bits per heavy atom. The number of hydrogen-bond acceptors (Lipinski definition) is 4. The van der Waals surface area contributed by atoms with Crippen LogP contribution in [0.5, 0.6) is 0 Å². The van der Waals surface area contributed by atoms with Crippen molar-refractivity contribution in [1.29, 1.82) is 0 Å². The fraction of sp³-hybridized carbons (Fsp3) is 0.438. The molecule has 2 fully saturated rings. The number of anilines is 1. The zero-order valence-corrected chi connectivity index (χ0v) is 12.6. The second-order valence-corrected chi connectivity index (χ2v) is 6.34. The van der Waals surface area contributed by atoms with Crippen LogP contribution in [0.15, 0.2) is 24.3 Å². The largest absolute Gasteiger partial charge is 0.326 e. The maximum Gasteiger partial charge on any atom is 0.231 e. The number of nitrogens with one attached hydrogen (secondary N) is 2. The summed E-state index contributed by atoms with van der Waals surface area (Å²) in [5.41, 5.74) is 1.53. The molecular formula is C16H19N5O. The van der Waals surface area contributed by atoms with Gasteiger partial charge in [-0.15, -0.1) is 0 Å². The van der Waals surface area contributed by atoms with Crippen LogP contribution in [0.2, 0.25) is 0 Å². The summed E-state index contributed by atoms with van der Waals surface area (Å²) in [6, 6.07) is 7.71. The third-order valence-corrected chi connectivity index (χ3v) is 4.80. The van der Waals surface area contributed by atoms with Crippen LogP contribution in [0.25, 0.3) is 11.4 Å². The Labute approximate surface area is 128 Å². The predicted octanol–water partition coefficient (Wildman–Crippen LogP) is 1.81. The van der Waals surface area contributed by atoms with Crippen LogP contribution in [0.3, 0.4) is 0 Å². The van der Waals surface area contributed by atoms with Crippen molar-refractivity contribution >= 4 is 11.6 Å². The molecular weight excluding hydrogens is 278 g/mol. The summed E-state index contributed by atoms with van der Waals surface area (Å²) in [5.74, 6) is 1.58. The maximum atomic E-state index is 12.7. The van der Waals surface area contributed by atoms with Gasteiger partial charge in [0.25, 0.3) is 0 Å². The number of H-pyrrole nitrogens is 1. The molecule has 3 heterocycles. The number of aromatic amines is 1. The van der Waals surface area contributed by atoms with E-state index in [1.165, 1.54) is 0 Å². The smallest absolute Gasteiger partial charge is 0.231 e. The van der Waals surface area contributed by atoms with Crippen LogP contribution < -0.4 is 5.32 Å². The molecule has 2 aliphatic heterocycles. The predicted molar refractivity (Wildman–Crippen MR) is 83.3 cm³/mol. The maximum absolute atomic E-state index is 12.7. The minimum absolute atomic E-state index is 0.149. The quantitative estimate of drug-likeness (QED) is 0.906. The van der Waals surface area contributed by atoms with Crippen molar-refractivity contribution in [2.45, 2.75) is 19.8 Å². The van der Waals surface area contributed by atoms with Gasteiger partial charge in [-0.3, -0.25) is 9.89 Å². The van der Waals surface area contributed by atoms with Crippen molar-refractivity contribution in [3.05, 3.63) is 30.1 Å². The normalized spacial score (nSPS) is 26.3. The molecule has 6 heteroatoms. The monoisotopic (exact) mass is 297 g/mol. The van der Waals surface area contributed by atoms with Crippen molar-refractivity contribution in [3.8, 4) is 11.4 Å². The van der Waals surface area contributed by atoms with E-state index in [-0.39, 0.29) is 11.3 Å². The van der Waals surface area contributed by atoms with Gasteiger partial charge in [-0.25, -0.2) is 4.98 Å². The molecule has 0 aliphatic carbocycles. The zero-order valence-electron chi connectivity index (χ0n) is 12.6. The molecule has 22 heavy (non-hydrogen) atoms. The number of benzene rings is 1. The molecule has 2 saturated heterocycles. The van der Waals surface area contributed by atoms with Gasteiger partial charge in [-0.1, -0.05) is 12.1 Å². The second kappa shape index (κ2) is 4.91. The highest BCUT2D eigenvalue weighted by Gasteiger charge is 2.49. The number of amides is 1. The van der Waals surface area contributed by atoms with Crippen LogP contribution in [0, 0.1) is 12.3 Å². The SMILES string of the molecule is Cc1nc(-c2cccc(NC(=O)C34CCN(CC3)C4)c2)n[nH]1. The summed E-state index contributed by atoms with van der Waals surface area (Å²) in [6.07, 6.45) is 1.94. The number of aromatic nitrogens is 3. The lowest BCUT2D eigenvalue weighted by atomic mass is 9.83. The van der Waals surface area contributed by atoms with Crippen LogP contribution in [0.1, 0.15) is 18.7 Å². The van der Waals surface area contributed by atoms with Gasteiger partial charge >= 0.3 is 0 Å². The Morgan fingerprint density at radius 3 is 2.82 bits per heavy atom. The number of piperidine rings is 1. The number of aryl methyl sites for hydroxylation is 1. The Kier molecular flexibility index (Phi) is 3.00. The van der Waals surface area contributed by atoms with E-state index in [9.17, 15) is 4.79 Å². The molecule has 0 saturated carbocycles. The minimum atomic E-state index is -0.183. The molecule has 114 valence electrons. The molecule has 0 spiro atoms. The lowest BCUT2D eigenvalue weighted by Gasteiger charge is -2.23. The number of hydrogen-bond donors (Lipinski definition) is 2. The zero-order chi connectivity index (χ0) is 15.2. The summed E-state index contributed by atoms with van der Waals surface area (Å²) in [5, 5.41) is 10.1. The van der Waals surface area contributed by atoms with Gasteiger partial charge < -0.3 is 10.2 Å². The first-order valence-corrected chi connectivity index (χ1v) is 7.68. The van der Waals surface area contributed by atoms with E-state index >= 15 is 0 Å². The van der Waals surface area contributed by atoms with Gasteiger partial charge in [0.1, 0.15) is 5.82 Å². The number of fused-ring (bicyclic) bond motifs is 2. The van der Waals surface area contributed by atoms with Crippen LogP contribution in [-0.4, -0.2) is 45.6 Å². The van der Waals surface area contributed by atoms with Gasteiger partial charge in [0.15, 0.2) is 5.82 Å². The van der Waals surface area contributed by atoms with Gasteiger partial charge in [0.2, 0.25) is 5.91 Å². The number of carbonyl (C=O) groups excluding carboxylic acids is 1. The fourth-order valence-electron chi connectivity index (χ4n) is 3.50. The Morgan fingerprint density at radius 2 is 2.18 bits per heavy atom. The van der Waals surface area contributed by atoms with E-state index < -0.39 is 0 Å². The van der Waals surface area contributed by atoms with Crippen LogP contribution in [-0.2, 0) is 4.79 Å². The molecule has 1 aromatic carbocycles. The van der Waals surface area contributed by atoms with E-state index in [0.29, 0.717) is 5.82 Å². The van der Waals surface area contributed by atoms with Gasteiger partial charge in [-0.2, -0.15) is 5.10 Å². The van der Waals surface area contributed by atoms with E-state index in [1.807, 2.05) is 31.2 Å². The summed E-state index contributed by atoms with van der Waals surface area (Å²) < 4.78 is 0. The van der Waals surface area contributed by atoms with Gasteiger partial charge in [0, 0.05) is 17.8 Å². The molecule has 0 atom stereocenters. The Balaban J connectivity index is 1.55. The molecule has 0 unspecified atom stereocenters. The summed E-state index contributed by atoms with van der Waals surface area (Å²) >= 11 is 0. The number of nitrogens with zero attached hydrogens (tertiary/aromatic N) is 3. The van der Waals surface area contributed by atoms with Crippen molar-refractivity contribution in [2.75, 3.05) is 25.0 Å². The first-order valence-electron chi connectivity index (χ1n) is 7.68. The van der Waals surface area contributed by atoms with Crippen molar-refractivity contribution in [3.63, 3.8) is 0 Å². The van der Waals surface area contributed by atoms with E-state index in [1.54, 1.807) is 0 Å². The number of rotatable bonds is 3. The molecule has 1 aromatic heterocycles. The summed E-state index contributed by atoms with van der Waals surface area (Å²) in [7, 11) is 0. The van der Waals surface area contributed by atoms with Crippen molar-refractivity contribution in [1.82, 2.24) is 20.1 Å². The van der Waals surface area contributed by atoms with Gasteiger partial charge in [-0.05, 0) is 45.0 Å². The van der Waals surface area contributed by atoms with Crippen LogP contribution >= 0.6 is 0 Å². The highest BCUT2D eigenvalue weighted by molar-refractivity contribution is 5.96. The third-order valence-electron chi connectivity index (χ3n) is 4.80. The lowest BCUT2D eigenvalue weighted by Crippen LogP contribution is -2.35. The molecule has 2 aromatic rings. The van der Waals surface area contributed by atoms with E-state index in [4.69, 9.17) is 0 Å². The molecule has 1 amide bonds. The molecule has 2 aliphatic rings. The number of carbonyl (C=O) groups is 1. The fourth-order valence-corrected chi connectivity index (χ4v) is 3.50. The van der Waals surface area contributed by atoms with Crippen LogP contribution in [0.4, 0.5) is 5.69 Å². The van der Waals surface area contributed by atoms with E-state index in [2.05, 4.69) is 25.4 Å². The summed E-state index contributed by atoms with van der Waals surface area (Å²) in [4.78, 5) is 19.4. The van der Waals surface area contributed by atoms with Crippen molar-refractivity contribution < 1.29 is 4.79 Å². The molecule has 2 bridgehead atoms. The summed E-state index contributed by atoms with van der Waals surface area (Å²) in [6.45, 7) is 4.86. The molecule has 0 radical (unpaired) electrons. The van der Waals surface area contributed by atoms with Crippen molar-refractivity contribution in [2.24, 2.45) is 5.41 Å². The minimum Gasteiger partial charge on any atom is -0.326 e. The standard InChI is InChI=1S/C16H19N5O/c1-11-17-14(20-19-11)12-3-2-4-13(9-12)18-15(22)16-5-7-21(10-16)8-6-16/h2-4,9H,5-8,10H2,1H3,(H,18,22)(H,17,19,20). The average molecular weight is 297 g/mol. The Bertz CT molecular complexity index is 715. The first kappa shape index (κ1) is 13.5. The average Bonchev–Trinajstić information content (AvgIpc) is 3.23. The molecule has 4 rings (SSSR count). The van der Waals surface area contributed by atoms with Gasteiger partial charge in [0.05, 0.1) is 5.41 Å². The van der Waals surface area contributed by atoms with E-state index in [0.717, 1.165) is 49.6 Å². The lowest BCUT2D eigenvalue weighted by molar-refractivity contribution is -0.124. The highest BCUT2D eigenvalue weighted by Crippen LogP contribution is 2.41. The molecule has 6 nitrogen and oxygen atoms in total.